The van der Waals surface area contributed by atoms with Crippen molar-refractivity contribution in [2.75, 3.05) is 0 Å². The first kappa shape index (κ1) is 14.2. The molecule has 2 rings (SSSR count). The maximum absolute atomic E-state index is 12.2. The molecule has 0 aliphatic heterocycles. The van der Waals surface area contributed by atoms with Gasteiger partial charge in [0.15, 0.2) is 0 Å². The van der Waals surface area contributed by atoms with Crippen molar-refractivity contribution in [2.24, 2.45) is 0 Å². The third-order valence-electron chi connectivity index (χ3n) is 2.89. The predicted molar refractivity (Wildman–Crippen MR) is 69.7 cm³/mol. The number of hydrogen-bond acceptors (Lipinski definition) is 2. The van der Waals surface area contributed by atoms with Gasteiger partial charge in [0, 0.05) is 0 Å². The molecule has 0 saturated carbocycles. The van der Waals surface area contributed by atoms with E-state index in [9.17, 15) is 18.3 Å². The molecule has 2 aromatic rings. The number of ether oxygens (including phenoxy) is 1. The van der Waals surface area contributed by atoms with Crippen LogP contribution in [0.4, 0.5) is 13.2 Å². The molecular formula is C15H13F3O2. The molecule has 2 aromatic carbocycles. The monoisotopic (exact) mass is 282 g/mol. The van der Waals surface area contributed by atoms with Crippen LogP contribution in [0, 0.1) is 13.8 Å². The Morgan fingerprint density at radius 1 is 0.950 bits per heavy atom. The third kappa shape index (κ3) is 3.23. The number of aromatic hydroxyl groups is 1. The van der Waals surface area contributed by atoms with E-state index in [1.807, 2.05) is 0 Å². The van der Waals surface area contributed by atoms with Gasteiger partial charge in [-0.05, 0) is 60.4 Å². The molecule has 2 nitrogen and oxygen atoms in total. The summed E-state index contributed by atoms with van der Waals surface area (Å²) in [5.41, 5.74) is 2.66. The van der Waals surface area contributed by atoms with Crippen molar-refractivity contribution in [3.63, 3.8) is 0 Å². The lowest BCUT2D eigenvalue weighted by molar-refractivity contribution is -0.274. The minimum atomic E-state index is -4.71. The Labute approximate surface area is 114 Å². The summed E-state index contributed by atoms with van der Waals surface area (Å²) >= 11 is 0. The van der Waals surface area contributed by atoms with Crippen LogP contribution < -0.4 is 4.74 Å². The van der Waals surface area contributed by atoms with Gasteiger partial charge in [0.1, 0.15) is 11.5 Å². The number of alkyl halides is 3. The van der Waals surface area contributed by atoms with Crippen molar-refractivity contribution < 1.29 is 23.0 Å². The molecule has 0 aliphatic carbocycles. The molecule has 0 radical (unpaired) electrons. The predicted octanol–water partition coefficient (Wildman–Crippen LogP) is 4.57. The Hall–Kier alpha value is -2.17. The fourth-order valence-corrected chi connectivity index (χ4v) is 2.00. The number of hydrogen-bond donors (Lipinski definition) is 1. The van der Waals surface area contributed by atoms with Gasteiger partial charge < -0.3 is 9.84 Å². The summed E-state index contributed by atoms with van der Waals surface area (Å²) in [5, 5.41) is 9.71. The maximum Gasteiger partial charge on any atom is 0.573 e. The molecule has 0 bridgehead atoms. The summed E-state index contributed by atoms with van der Waals surface area (Å²) in [6.45, 7) is 3.48. The summed E-state index contributed by atoms with van der Waals surface area (Å²) in [6.07, 6.45) is -4.71. The quantitative estimate of drug-likeness (QED) is 0.874. The molecule has 1 N–H and O–H groups in total. The fourth-order valence-electron chi connectivity index (χ4n) is 2.00. The van der Waals surface area contributed by atoms with E-state index in [0.29, 0.717) is 16.7 Å². The van der Waals surface area contributed by atoms with E-state index in [2.05, 4.69) is 4.74 Å². The van der Waals surface area contributed by atoms with Gasteiger partial charge in [0.2, 0.25) is 0 Å². The van der Waals surface area contributed by atoms with E-state index in [-0.39, 0.29) is 11.5 Å². The molecule has 106 valence electrons. The number of halogens is 3. The summed E-state index contributed by atoms with van der Waals surface area (Å²) in [4.78, 5) is 0. The van der Waals surface area contributed by atoms with Crippen LogP contribution >= 0.6 is 0 Å². The highest BCUT2D eigenvalue weighted by atomic mass is 19.4. The highest BCUT2D eigenvalue weighted by Crippen LogP contribution is 2.32. The van der Waals surface area contributed by atoms with Gasteiger partial charge >= 0.3 is 6.36 Å². The lowest BCUT2D eigenvalue weighted by Crippen LogP contribution is -2.17. The fraction of sp³-hybridized carbons (Fsp3) is 0.200. The van der Waals surface area contributed by atoms with Gasteiger partial charge in [-0.2, -0.15) is 0 Å². The number of phenols is 1. The first-order chi connectivity index (χ1) is 9.26. The van der Waals surface area contributed by atoms with Crippen LogP contribution in [0.25, 0.3) is 11.1 Å². The van der Waals surface area contributed by atoms with E-state index in [1.165, 1.54) is 18.2 Å². The molecule has 20 heavy (non-hydrogen) atoms. The van der Waals surface area contributed by atoms with E-state index < -0.39 is 6.36 Å². The number of benzene rings is 2. The van der Waals surface area contributed by atoms with Gasteiger partial charge in [-0.25, -0.2) is 0 Å². The average Bonchev–Trinajstić information content (AvgIpc) is 2.33. The van der Waals surface area contributed by atoms with Crippen molar-refractivity contribution >= 4 is 0 Å². The van der Waals surface area contributed by atoms with E-state index >= 15 is 0 Å². The zero-order valence-corrected chi connectivity index (χ0v) is 11.0. The van der Waals surface area contributed by atoms with Gasteiger partial charge in [-0.3, -0.25) is 0 Å². The molecule has 0 unspecified atom stereocenters. The lowest BCUT2D eigenvalue weighted by Gasteiger charge is -2.11. The molecule has 0 fully saturated rings. The van der Waals surface area contributed by atoms with Gasteiger partial charge in [0.25, 0.3) is 0 Å². The molecule has 0 spiro atoms. The highest BCUT2D eigenvalue weighted by Gasteiger charge is 2.31. The summed E-state index contributed by atoms with van der Waals surface area (Å²) in [5.74, 6) is -0.0742. The number of rotatable bonds is 2. The normalized spacial score (nSPS) is 11.4. The molecule has 0 aliphatic rings. The van der Waals surface area contributed by atoms with Crippen LogP contribution in [-0.2, 0) is 0 Å². The smallest absolute Gasteiger partial charge is 0.507 e. The molecule has 0 aromatic heterocycles. The zero-order chi connectivity index (χ0) is 14.9. The first-order valence-electron chi connectivity index (χ1n) is 5.92. The van der Waals surface area contributed by atoms with Crippen molar-refractivity contribution in [3.05, 3.63) is 47.5 Å². The Balaban J connectivity index is 2.41. The van der Waals surface area contributed by atoms with Crippen molar-refractivity contribution in [1.82, 2.24) is 0 Å². The number of phenolic OH excluding ortho intramolecular Hbond substituents is 1. The Bertz CT molecular complexity index is 610. The Morgan fingerprint density at radius 3 is 2.10 bits per heavy atom. The van der Waals surface area contributed by atoms with Crippen molar-refractivity contribution in [3.8, 4) is 22.6 Å². The molecular weight excluding hydrogens is 269 g/mol. The van der Waals surface area contributed by atoms with Crippen molar-refractivity contribution in [2.45, 2.75) is 20.2 Å². The summed E-state index contributed by atoms with van der Waals surface area (Å²) in [6, 6.07) is 9.18. The Kier molecular flexibility index (Phi) is 3.61. The van der Waals surface area contributed by atoms with E-state index in [4.69, 9.17) is 0 Å². The summed E-state index contributed by atoms with van der Waals surface area (Å²) in [7, 11) is 0. The van der Waals surface area contributed by atoms with E-state index in [0.717, 1.165) is 5.56 Å². The average molecular weight is 282 g/mol. The lowest BCUT2D eigenvalue weighted by atomic mass is 10.00. The van der Waals surface area contributed by atoms with Crippen molar-refractivity contribution in [1.29, 1.82) is 0 Å². The minimum absolute atomic E-state index is 0.191. The van der Waals surface area contributed by atoms with Gasteiger partial charge in [-0.1, -0.05) is 12.1 Å². The SMILES string of the molecule is Cc1cc(-c2cccc(OC(F)(F)F)c2)cc(C)c1O. The van der Waals surface area contributed by atoms with Crippen LogP contribution in [-0.4, -0.2) is 11.5 Å². The number of aryl methyl sites for hydroxylation is 2. The second kappa shape index (κ2) is 5.07. The van der Waals surface area contributed by atoms with Crippen LogP contribution in [0.2, 0.25) is 0 Å². The van der Waals surface area contributed by atoms with E-state index in [1.54, 1.807) is 32.0 Å². The molecule has 0 atom stereocenters. The molecule has 0 heterocycles. The first-order valence-corrected chi connectivity index (χ1v) is 5.92. The largest absolute Gasteiger partial charge is 0.573 e. The van der Waals surface area contributed by atoms with Crippen LogP contribution in [0.3, 0.4) is 0 Å². The van der Waals surface area contributed by atoms with Crippen LogP contribution in [0.15, 0.2) is 36.4 Å². The standard InChI is InChI=1S/C15H13F3O2/c1-9-6-12(7-10(2)14(9)19)11-4-3-5-13(8-11)20-15(16,17)18/h3-8,19H,1-2H3. The minimum Gasteiger partial charge on any atom is -0.507 e. The van der Waals surface area contributed by atoms with Crippen LogP contribution in [0.5, 0.6) is 11.5 Å². The third-order valence-corrected chi connectivity index (χ3v) is 2.89. The van der Waals surface area contributed by atoms with Crippen LogP contribution in [0.1, 0.15) is 11.1 Å². The molecule has 0 amide bonds. The topological polar surface area (TPSA) is 29.5 Å². The molecule has 0 saturated heterocycles. The molecule has 5 heteroatoms. The summed E-state index contributed by atoms with van der Waals surface area (Å²) < 4.78 is 40.5. The van der Waals surface area contributed by atoms with Gasteiger partial charge in [-0.15, -0.1) is 13.2 Å². The maximum atomic E-state index is 12.2. The second-order valence-electron chi connectivity index (χ2n) is 4.53. The highest BCUT2D eigenvalue weighted by molar-refractivity contribution is 5.68. The zero-order valence-electron chi connectivity index (χ0n) is 11.0. The second-order valence-corrected chi connectivity index (χ2v) is 4.53. The van der Waals surface area contributed by atoms with Gasteiger partial charge in [0.05, 0.1) is 0 Å². The Morgan fingerprint density at radius 2 is 1.55 bits per heavy atom.